The van der Waals surface area contributed by atoms with Crippen molar-refractivity contribution in [1.29, 1.82) is 0 Å². The van der Waals surface area contributed by atoms with Crippen molar-refractivity contribution in [3.05, 3.63) is 12.4 Å². The molecule has 0 saturated carbocycles. The molecule has 2 N–H and O–H groups in total. The van der Waals surface area contributed by atoms with Gasteiger partial charge in [0, 0.05) is 13.7 Å². The number of nitrogens with zero attached hydrogens (tertiary/aromatic N) is 2. The highest BCUT2D eigenvalue weighted by Gasteiger charge is 2.06. The Hall–Kier alpha value is -1.36. The zero-order valence-corrected chi connectivity index (χ0v) is 10.2. The van der Waals surface area contributed by atoms with Crippen molar-refractivity contribution in [2.45, 2.75) is 26.3 Å². The van der Waals surface area contributed by atoms with E-state index in [1.165, 1.54) is 0 Å². The van der Waals surface area contributed by atoms with E-state index in [2.05, 4.69) is 27.5 Å². The van der Waals surface area contributed by atoms with E-state index in [0.717, 1.165) is 24.6 Å². The summed E-state index contributed by atoms with van der Waals surface area (Å²) in [6.07, 6.45) is 4.42. The average molecular weight is 224 g/mol. The molecule has 0 saturated heterocycles. The molecule has 0 amide bonds. The van der Waals surface area contributed by atoms with E-state index in [1.54, 1.807) is 19.5 Å². The van der Waals surface area contributed by atoms with Crippen LogP contribution >= 0.6 is 0 Å². The molecule has 0 aromatic carbocycles. The predicted molar refractivity (Wildman–Crippen MR) is 65.8 cm³/mol. The molecule has 1 atom stereocenters. The molecule has 0 aliphatic rings. The smallest absolute Gasteiger partial charge is 0.147 e. The average Bonchev–Trinajstić information content (AvgIpc) is 2.29. The largest absolute Gasteiger partial charge is 0.383 e. The maximum atomic E-state index is 5.12. The van der Waals surface area contributed by atoms with Gasteiger partial charge in [0.1, 0.15) is 11.6 Å². The van der Waals surface area contributed by atoms with Crippen molar-refractivity contribution in [1.82, 2.24) is 9.97 Å². The zero-order valence-electron chi connectivity index (χ0n) is 10.2. The van der Waals surface area contributed by atoms with Crippen LogP contribution in [0.1, 0.15) is 20.3 Å². The lowest BCUT2D eigenvalue weighted by Crippen LogP contribution is -2.24. The summed E-state index contributed by atoms with van der Waals surface area (Å²) in [6.45, 7) is 5.65. The Bertz CT molecular complexity index is 306. The third kappa shape index (κ3) is 4.02. The van der Waals surface area contributed by atoms with Gasteiger partial charge in [0.15, 0.2) is 0 Å². The molecule has 1 heterocycles. The van der Waals surface area contributed by atoms with Crippen LogP contribution in [0.2, 0.25) is 0 Å². The molecule has 0 aliphatic carbocycles. The molecular formula is C11H20N4O. The van der Waals surface area contributed by atoms with Crippen LogP contribution in [0.25, 0.3) is 0 Å². The van der Waals surface area contributed by atoms with Gasteiger partial charge in [-0.3, -0.25) is 4.98 Å². The van der Waals surface area contributed by atoms with E-state index in [-0.39, 0.29) is 6.04 Å². The first kappa shape index (κ1) is 12.7. The number of aromatic nitrogens is 2. The predicted octanol–water partition coefficient (Wildman–Crippen LogP) is 1.75. The fourth-order valence-electron chi connectivity index (χ4n) is 1.37. The molecule has 1 unspecified atom stereocenters. The van der Waals surface area contributed by atoms with Gasteiger partial charge in [0.05, 0.1) is 25.0 Å². The number of methoxy groups -OCH3 is 1. The molecule has 16 heavy (non-hydrogen) atoms. The second-order valence-corrected chi connectivity index (χ2v) is 3.52. The van der Waals surface area contributed by atoms with Crippen molar-refractivity contribution in [2.75, 3.05) is 30.9 Å². The van der Waals surface area contributed by atoms with E-state index in [1.807, 2.05) is 6.92 Å². The third-order valence-electron chi connectivity index (χ3n) is 2.21. The minimum atomic E-state index is 0.274. The normalized spacial score (nSPS) is 12.2. The van der Waals surface area contributed by atoms with Crippen molar-refractivity contribution in [3.8, 4) is 0 Å². The van der Waals surface area contributed by atoms with Gasteiger partial charge in [-0.1, -0.05) is 6.92 Å². The minimum absolute atomic E-state index is 0.274. The molecule has 1 aromatic heterocycles. The molecule has 0 bridgehead atoms. The Morgan fingerprint density at radius 1 is 1.31 bits per heavy atom. The van der Waals surface area contributed by atoms with Crippen LogP contribution < -0.4 is 10.6 Å². The molecule has 0 aliphatic heterocycles. The van der Waals surface area contributed by atoms with Gasteiger partial charge < -0.3 is 15.4 Å². The molecule has 1 rings (SSSR count). The summed E-state index contributed by atoms with van der Waals surface area (Å²) in [7, 11) is 1.70. The van der Waals surface area contributed by atoms with Crippen LogP contribution in [-0.4, -0.2) is 36.3 Å². The summed E-state index contributed by atoms with van der Waals surface area (Å²) in [5, 5.41) is 6.42. The topological polar surface area (TPSA) is 59.1 Å². The van der Waals surface area contributed by atoms with E-state index >= 15 is 0 Å². The first-order chi connectivity index (χ1) is 7.80. The van der Waals surface area contributed by atoms with Gasteiger partial charge in [-0.15, -0.1) is 0 Å². The van der Waals surface area contributed by atoms with E-state index in [9.17, 15) is 0 Å². The summed E-state index contributed by atoms with van der Waals surface area (Å²) < 4.78 is 5.12. The van der Waals surface area contributed by atoms with Crippen LogP contribution in [-0.2, 0) is 4.74 Å². The van der Waals surface area contributed by atoms with Gasteiger partial charge in [0.2, 0.25) is 0 Å². The Kier molecular flexibility index (Phi) is 5.56. The fourth-order valence-corrected chi connectivity index (χ4v) is 1.37. The van der Waals surface area contributed by atoms with Crippen molar-refractivity contribution < 1.29 is 4.74 Å². The SMILES string of the molecule is CCNc1cncc(NC(CC)COC)n1. The number of anilines is 2. The lowest BCUT2D eigenvalue weighted by Gasteiger charge is -2.16. The quantitative estimate of drug-likeness (QED) is 0.739. The first-order valence-electron chi connectivity index (χ1n) is 5.61. The van der Waals surface area contributed by atoms with Crippen molar-refractivity contribution >= 4 is 11.6 Å². The molecule has 1 aromatic rings. The molecule has 5 heteroatoms. The lowest BCUT2D eigenvalue weighted by molar-refractivity contribution is 0.184. The highest BCUT2D eigenvalue weighted by Crippen LogP contribution is 2.09. The van der Waals surface area contributed by atoms with E-state index in [4.69, 9.17) is 4.74 Å². The second kappa shape index (κ2) is 7.00. The van der Waals surface area contributed by atoms with Crippen molar-refractivity contribution in [3.63, 3.8) is 0 Å². The van der Waals surface area contributed by atoms with E-state index in [0.29, 0.717) is 6.61 Å². The van der Waals surface area contributed by atoms with Gasteiger partial charge >= 0.3 is 0 Å². The summed E-state index contributed by atoms with van der Waals surface area (Å²) in [5.74, 6) is 1.57. The third-order valence-corrected chi connectivity index (χ3v) is 2.21. The Morgan fingerprint density at radius 2 is 2.06 bits per heavy atom. The fraction of sp³-hybridized carbons (Fsp3) is 0.636. The summed E-state index contributed by atoms with van der Waals surface area (Å²) >= 11 is 0. The standard InChI is InChI=1S/C11H20N4O/c1-4-9(8-16-3)14-11-7-12-6-10(15-11)13-5-2/h6-7,9H,4-5,8H2,1-3H3,(H2,13,14,15). The van der Waals surface area contributed by atoms with Crippen LogP contribution in [0.5, 0.6) is 0 Å². The molecule has 5 nitrogen and oxygen atoms in total. The Balaban J connectivity index is 2.60. The monoisotopic (exact) mass is 224 g/mol. The maximum Gasteiger partial charge on any atom is 0.147 e. The number of ether oxygens (including phenoxy) is 1. The second-order valence-electron chi connectivity index (χ2n) is 3.52. The van der Waals surface area contributed by atoms with Crippen LogP contribution in [0.4, 0.5) is 11.6 Å². The van der Waals surface area contributed by atoms with Crippen LogP contribution in [0.3, 0.4) is 0 Å². The molecule has 0 fully saturated rings. The van der Waals surface area contributed by atoms with Gasteiger partial charge in [-0.25, -0.2) is 4.98 Å². The van der Waals surface area contributed by atoms with Crippen LogP contribution in [0, 0.1) is 0 Å². The van der Waals surface area contributed by atoms with Crippen molar-refractivity contribution in [2.24, 2.45) is 0 Å². The van der Waals surface area contributed by atoms with Gasteiger partial charge in [-0.05, 0) is 13.3 Å². The van der Waals surface area contributed by atoms with E-state index < -0.39 is 0 Å². The molecule has 90 valence electrons. The highest BCUT2D eigenvalue weighted by atomic mass is 16.5. The summed E-state index contributed by atoms with van der Waals surface area (Å²) in [6, 6.07) is 0.274. The number of hydrogen-bond donors (Lipinski definition) is 2. The Labute approximate surface area is 96.6 Å². The first-order valence-corrected chi connectivity index (χ1v) is 5.61. The summed E-state index contributed by atoms with van der Waals surface area (Å²) in [5.41, 5.74) is 0. The highest BCUT2D eigenvalue weighted by molar-refractivity contribution is 5.41. The minimum Gasteiger partial charge on any atom is -0.383 e. The molecule has 0 spiro atoms. The van der Waals surface area contributed by atoms with Gasteiger partial charge in [-0.2, -0.15) is 0 Å². The number of hydrogen-bond acceptors (Lipinski definition) is 5. The van der Waals surface area contributed by atoms with Gasteiger partial charge in [0.25, 0.3) is 0 Å². The lowest BCUT2D eigenvalue weighted by atomic mass is 10.2. The number of nitrogens with one attached hydrogen (secondary N) is 2. The Morgan fingerprint density at radius 3 is 2.69 bits per heavy atom. The van der Waals surface area contributed by atoms with Crippen LogP contribution in [0.15, 0.2) is 12.4 Å². The summed E-state index contributed by atoms with van der Waals surface area (Å²) in [4.78, 5) is 8.51. The number of rotatable bonds is 7. The zero-order chi connectivity index (χ0) is 11.8. The molecule has 0 radical (unpaired) electrons. The molecular weight excluding hydrogens is 204 g/mol. The maximum absolute atomic E-state index is 5.12.